The third kappa shape index (κ3) is 2.47. The zero-order chi connectivity index (χ0) is 11.6. The number of rotatable bonds is 2. The quantitative estimate of drug-likeness (QED) is 0.875. The average Bonchev–Trinajstić information content (AvgIpc) is 2.30. The molecule has 16 heavy (non-hydrogen) atoms. The van der Waals surface area contributed by atoms with E-state index >= 15 is 0 Å². The van der Waals surface area contributed by atoms with Crippen LogP contribution in [0.15, 0.2) is 28.7 Å². The first-order chi connectivity index (χ1) is 7.60. The van der Waals surface area contributed by atoms with Crippen molar-refractivity contribution in [3.63, 3.8) is 0 Å². The molecule has 1 saturated heterocycles. The van der Waals surface area contributed by atoms with Gasteiger partial charge in [0.25, 0.3) is 0 Å². The van der Waals surface area contributed by atoms with Crippen molar-refractivity contribution in [2.24, 2.45) is 5.92 Å². The molecule has 1 aromatic carbocycles. The molecule has 0 bridgehead atoms. The molecular formula is C13H18BrNO. The maximum absolute atomic E-state index is 10.7. The predicted molar refractivity (Wildman–Crippen MR) is 69.3 cm³/mol. The van der Waals surface area contributed by atoms with E-state index < -0.39 is 5.60 Å². The molecule has 1 heterocycles. The maximum atomic E-state index is 10.7. The summed E-state index contributed by atoms with van der Waals surface area (Å²) in [5, 5.41) is 14.0. The standard InChI is InChI=1S/C13H18BrNO/c1-13(16,10-5-7-15-8-6-10)11-3-2-4-12(14)9-11/h2-4,9-10,15-16H,5-8H2,1H3. The van der Waals surface area contributed by atoms with E-state index in [1.54, 1.807) is 0 Å². The molecule has 3 heteroatoms. The lowest BCUT2D eigenvalue weighted by molar-refractivity contribution is -0.0186. The molecule has 0 amide bonds. The van der Waals surface area contributed by atoms with Crippen molar-refractivity contribution < 1.29 is 5.11 Å². The molecule has 0 spiro atoms. The summed E-state index contributed by atoms with van der Waals surface area (Å²) in [5.74, 6) is 0.350. The van der Waals surface area contributed by atoms with E-state index in [4.69, 9.17) is 0 Å². The lowest BCUT2D eigenvalue weighted by atomic mass is 9.78. The Morgan fingerprint density at radius 1 is 1.38 bits per heavy atom. The molecule has 1 aromatic rings. The van der Waals surface area contributed by atoms with Crippen LogP contribution in [0.5, 0.6) is 0 Å². The fraction of sp³-hybridized carbons (Fsp3) is 0.538. The topological polar surface area (TPSA) is 32.3 Å². The lowest BCUT2D eigenvalue weighted by Crippen LogP contribution is -2.39. The summed E-state index contributed by atoms with van der Waals surface area (Å²) in [6.45, 7) is 3.95. The Labute approximate surface area is 105 Å². The Kier molecular flexibility index (Phi) is 3.67. The van der Waals surface area contributed by atoms with Gasteiger partial charge in [-0.05, 0) is 56.5 Å². The van der Waals surface area contributed by atoms with Gasteiger partial charge in [0.2, 0.25) is 0 Å². The average molecular weight is 284 g/mol. The van der Waals surface area contributed by atoms with Crippen molar-refractivity contribution in [1.29, 1.82) is 0 Å². The normalized spacial score (nSPS) is 21.7. The molecule has 1 aliphatic rings. The summed E-state index contributed by atoms with van der Waals surface area (Å²) in [6, 6.07) is 7.99. The Morgan fingerprint density at radius 2 is 2.06 bits per heavy atom. The summed E-state index contributed by atoms with van der Waals surface area (Å²) in [7, 11) is 0. The van der Waals surface area contributed by atoms with E-state index in [-0.39, 0.29) is 0 Å². The smallest absolute Gasteiger partial charge is 0.0897 e. The summed E-state index contributed by atoms with van der Waals surface area (Å²) in [4.78, 5) is 0. The van der Waals surface area contributed by atoms with E-state index in [0.29, 0.717) is 5.92 Å². The molecule has 1 fully saturated rings. The molecule has 2 N–H and O–H groups in total. The fourth-order valence-electron chi connectivity index (χ4n) is 2.42. The van der Waals surface area contributed by atoms with Gasteiger partial charge in [-0.3, -0.25) is 0 Å². The third-order valence-electron chi connectivity index (χ3n) is 3.54. The second-order valence-electron chi connectivity index (χ2n) is 4.68. The third-order valence-corrected chi connectivity index (χ3v) is 4.04. The van der Waals surface area contributed by atoms with E-state index in [0.717, 1.165) is 36.0 Å². The van der Waals surface area contributed by atoms with E-state index in [9.17, 15) is 5.11 Å². The molecule has 0 saturated carbocycles. The number of hydrogen-bond donors (Lipinski definition) is 2. The largest absolute Gasteiger partial charge is 0.385 e. The maximum Gasteiger partial charge on any atom is 0.0897 e. The SMILES string of the molecule is CC(O)(c1cccc(Br)c1)C1CCNCC1. The van der Waals surface area contributed by atoms with Gasteiger partial charge < -0.3 is 10.4 Å². The van der Waals surface area contributed by atoms with Crippen LogP contribution in [-0.2, 0) is 5.60 Å². The molecule has 1 aliphatic heterocycles. The van der Waals surface area contributed by atoms with Gasteiger partial charge in [-0.15, -0.1) is 0 Å². The number of nitrogens with one attached hydrogen (secondary N) is 1. The Bertz CT molecular complexity index is 359. The first kappa shape index (κ1) is 12.1. The van der Waals surface area contributed by atoms with Crippen LogP contribution in [-0.4, -0.2) is 18.2 Å². The highest BCUT2D eigenvalue weighted by molar-refractivity contribution is 9.10. The number of piperidine rings is 1. The highest BCUT2D eigenvalue weighted by Gasteiger charge is 2.34. The molecule has 2 rings (SSSR count). The van der Waals surface area contributed by atoms with Gasteiger partial charge in [-0.1, -0.05) is 28.1 Å². The molecule has 1 unspecified atom stereocenters. The van der Waals surface area contributed by atoms with Crippen molar-refractivity contribution in [3.8, 4) is 0 Å². The zero-order valence-corrected chi connectivity index (χ0v) is 11.1. The number of aliphatic hydroxyl groups is 1. The van der Waals surface area contributed by atoms with Gasteiger partial charge in [0.1, 0.15) is 0 Å². The van der Waals surface area contributed by atoms with Gasteiger partial charge in [-0.25, -0.2) is 0 Å². The molecule has 0 aliphatic carbocycles. The fourth-order valence-corrected chi connectivity index (χ4v) is 2.82. The van der Waals surface area contributed by atoms with Crippen LogP contribution in [0.3, 0.4) is 0 Å². The van der Waals surface area contributed by atoms with Crippen LogP contribution in [0.4, 0.5) is 0 Å². The lowest BCUT2D eigenvalue weighted by Gasteiger charge is -2.36. The van der Waals surface area contributed by atoms with Crippen LogP contribution in [0.1, 0.15) is 25.3 Å². The van der Waals surface area contributed by atoms with Crippen LogP contribution in [0.25, 0.3) is 0 Å². The molecule has 1 atom stereocenters. The van der Waals surface area contributed by atoms with Crippen molar-refractivity contribution in [3.05, 3.63) is 34.3 Å². The molecule has 0 radical (unpaired) electrons. The number of hydrogen-bond acceptors (Lipinski definition) is 2. The summed E-state index contributed by atoms with van der Waals surface area (Å²) >= 11 is 3.46. The first-order valence-electron chi connectivity index (χ1n) is 5.80. The van der Waals surface area contributed by atoms with Crippen molar-refractivity contribution in [2.45, 2.75) is 25.4 Å². The minimum atomic E-state index is -0.716. The Hall–Kier alpha value is -0.380. The summed E-state index contributed by atoms with van der Waals surface area (Å²) in [6.07, 6.45) is 2.08. The second kappa shape index (κ2) is 4.86. The van der Waals surface area contributed by atoms with Gasteiger partial charge in [0.05, 0.1) is 5.60 Å². The second-order valence-corrected chi connectivity index (χ2v) is 5.60. The number of benzene rings is 1. The van der Waals surface area contributed by atoms with Crippen LogP contribution in [0, 0.1) is 5.92 Å². The van der Waals surface area contributed by atoms with Crippen LogP contribution < -0.4 is 5.32 Å². The zero-order valence-electron chi connectivity index (χ0n) is 9.54. The Balaban J connectivity index is 2.22. The summed E-state index contributed by atoms with van der Waals surface area (Å²) in [5.41, 5.74) is 0.292. The molecule has 88 valence electrons. The number of halogens is 1. The molecule has 0 aromatic heterocycles. The highest BCUT2D eigenvalue weighted by atomic mass is 79.9. The van der Waals surface area contributed by atoms with Gasteiger partial charge in [-0.2, -0.15) is 0 Å². The van der Waals surface area contributed by atoms with Crippen molar-refractivity contribution >= 4 is 15.9 Å². The molecule has 2 nitrogen and oxygen atoms in total. The van der Waals surface area contributed by atoms with Gasteiger partial charge in [0, 0.05) is 4.47 Å². The molecular weight excluding hydrogens is 266 g/mol. The van der Waals surface area contributed by atoms with E-state index in [1.807, 2.05) is 31.2 Å². The predicted octanol–water partition coefficient (Wildman–Crippen LogP) is 2.66. The minimum absolute atomic E-state index is 0.350. The van der Waals surface area contributed by atoms with Gasteiger partial charge >= 0.3 is 0 Å². The first-order valence-corrected chi connectivity index (χ1v) is 6.59. The van der Waals surface area contributed by atoms with Crippen LogP contribution in [0.2, 0.25) is 0 Å². The van der Waals surface area contributed by atoms with Crippen molar-refractivity contribution in [2.75, 3.05) is 13.1 Å². The van der Waals surface area contributed by atoms with E-state index in [1.165, 1.54) is 0 Å². The minimum Gasteiger partial charge on any atom is -0.385 e. The van der Waals surface area contributed by atoms with Gasteiger partial charge in [0.15, 0.2) is 0 Å². The summed E-state index contributed by atoms with van der Waals surface area (Å²) < 4.78 is 1.03. The monoisotopic (exact) mass is 283 g/mol. The van der Waals surface area contributed by atoms with Crippen molar-refractivity contribution in [1.82, 2.24) is 5.32 Å². The van der Waals surface area contributed by atoms with Crippen LogP contribution >= 0.6 is 15.9 Å². The Morgan fingerprint density at radius 3 is 2.69 bits per heavy atom. The highest BCUT2D eigenvalue weighted by Crippen LogP contribution is 2.35. The van der Waals surface area contributed by atoms with E-state index in [2.05, 4.69) is 21.2 Å².